The molecule has 5 heteroatoms. The van der Waals surface area contributed by atoms with Gasteiger partial charge in [0.05, 0.1) is 22.7 Å². The molecule has 2 unspecified atom stereocenters. The molecule has 83 heavy (non-hydrogen) atoms. The normalized spacial score (nSPS) is 22.4. The zero-order valence-corrected chi connectivity index (χ0v) is 51.3. The molecule has 9 aromatic rings. The number of furan rings is 1. The molecule has 4 aliphatic carbocycles. The van der Waals surface area contributed by atoms with Crippen LogP contribution in [-0.4, -0.2) is 6.71 Å². The largest absolute Gasteiger partial charge is 0.468 e. The van der Waals surface area contributed by atoms with Gasteiger partial charge in [-0.25, -0.2) is 0 Å². The van der Waals surface area contributed by atoms with Crippen LogP contribution in [0.1, 0.15) is 184 Å². The van der Waals surface area contributed by atoms with Gasteiger partial charge in [0, 0.05) is 49.2 Å². The first-order valence-corrected chi connectivity index (χ1v) is 31.0. The molecular formula is C78H82BN3O. The molecule has 0 saturated heterocycles. The van der Waals surface area contributed by atoms with Crippen LogP contribution in [0.4, 0.5) is 51.2 Å². The quantitative estimate of drug-likeness (QED) is 0.155. The number of para-hydroxylation sites is 2. The molecule has 0 N–H and O–H groups in total. The molecule has 4 nitrogen and oxygen atoms in total. The number of fused-ring (bicyclic) bond motifs is 13. The average Bonchev–Trinajstić information content (AvgIpc) is 1.26. The summed E-state index contributed by atoms with van der Waals surface area (Å²) in [7, 11) is 0. The van der Waals surface area contributed by atoms with Crippen LogP contribution in [0.2, 0.25) is 0 Å². The summed E-state index contributed by atoms with van der Waals surface area (Å²) < 4.78 is 35.3. The van der Waals surface area contributed by atoms with Crippen molar-refractivity contribution in [1.82, 2.24) is 0 Å². The van der Waals surface area contributed by atoms with E-state index in [1.54, 1.807) is 6.07 Å². The van der Waals surface area contributed by atoms with Crippen LogP contribution in [0.5, 0.6) is 0 Å². The molecule has 1 saturated carbocycles. The molecule has 2 bridgehead atoms. The van der Waals surface area contributed by atoms with E-state index in [-0.39, 0.29) is 44.6 Å². The van der Waals surface area contributed by atoms with Crippen LogP contribution in [0.3, 0.4) is 0 Å². The van der Waals surface area contributed by atoms with Gasteiger partial charge in [-0.15, -0.1) is 0 Å². The van der Waals surface area contributed by atoms with Crippen molar-refractivity contribution >= 4 is 85.5 Å². The fourth-order valence-corrected chi connectivity index (χ4v) is 16.9. The number of hydrogen-bond acceptors (Lipinski definition) is 4. The zero-order valence-electron chi connectivity index (χ0n) is 54.3. The fourth-order valence-electron chi connectivity index (χ4n) is 16.9. The van der Waals surface area contributed by atoms with E-state index in [9.17, 15) is 0 Å². The smallest absolute Gasteiger partial charge is 0.297 e. The van der Waals surface area contributed by atoms with E-state index in [2.05, 4.69) is 232 Å². The molecular weight excluding hydrogens is 1010 g/mol. The van der Waals surface area contributed by atoms with E-state index in [1.165, 1.54) is 73.8 Å². The summed E-state index contributed by atoms with van der Waals surface area (Å²) >= 11 is 0. The van der Waals surface area contributed by atoms with Crippen LogP contribution in [-0.2, 0) is 37.9 Å². The lowest BCUT2D eigenvalue weighted by Crippen LogP contribution is -2.61. The molecule has 2 atom stereocenters. The van der Waals surface area contributed by atoms with Crippen molar-refractivity contribution in [2.75, 3.05) is 14.7 Å². The Morgan fingerprint density at radius 3 is 1.77 bits per heavy atom. The highest BCUT2D eigenvalue weighted by Gasteiger charge is 2.55. The summed E-state index contributed by atoms with van der Waals surface area (Å²) in [5.74, 6) is 0. The lowest BCUT2D eigenvalue weighted by molar-refractivity contribution is 0.332. The third kappa shape index (κ3) is 7.63. The number of anilines is 9. The Labute approximate surface area is 499 Å². The highest BCUT2D eigenvalue weighted by atomic mass is 16.3. The molecule has 3 heterocycles. The summed E-state index contributed by atoms with van der Waals surface area (Å²) in [6, 6.07) is 58.5. The Bertz CT molecular complexity index is 4300. The molecule has 0 amide bonds. The van der Waals surface area contributed by atoms with Crippen LogP contribution in [0.25, 0.3) is 22.1 Å². The van der Waals surface area contributed by atoms with Gasteiger partial charge in [0.2, 0.25) is 0 Å². The lowest BCUT2D eigenvalue weighted by atomic mass is 9.35. The average molecular weight is 1090 g/mol. The van der Waals surface area contributed by atoms with Gasteiger partial charge < -0.3 is 19.1 Å². The van der Waals surface area contributed by atoms with E-state index >= 15 is 0 Å². The second-order valence-electron chi connectivity index (χ2n) is 30.2. The topological polar surface area (TPSA) is 22.9 Å². The molecule has 418 valence electrons. The minimum atomic E-state index is -2.41. The first-order valence-electron chi connectivity index (χ1n) is 32.5. The monoisotopic (exact) mass is 1090 g/mol. The predicted octanol–water partition coefficient (Wildman–Crippen LogP) is 19.7. The number of nitrogens with zero attached hydrogens (tertiary/aromatic N) is 3. The van der Waals surface area contributed by atoms with Crippen molar-refractivity contribution in [3.05, 3.63) is 202 Å². The van der Waals surface area contributed by atoms with E-state index < -0.39 is 6.85 Å². The van der Waals surface area contributed by atoms with Crippen molar-refractivity contribution in [2.45, 2.75) is 180 Å². The van der Waals surface area contributed by atoms with Gasteiger partial charge in [0.1, 0.15) is 5.58 Å². The molecule has 0 radical (unpaired) electrons. The highest BCUT2D eigenvalue weighted by molar-refractivity contribution is 7.00. The molecule has 6 aliphatic rings. The van der Waals surface area contributed by atoms with Crippen molar-refractivity contribution < 1.29 is 8.53 Å². The minimum absolute atomic E-state index is 0.0484. The van der Waals surface area contributed by atoms with Crippen LogP contribution in [0.15, 0.2) is 162 Å². The van der Waals surface area contributed by atoms with Gasteiger partial charge in [0.25, 0.3) is 6.71 Å². The summed E-state index contributed by atoms with van der Waals surface area (Å²) in [4.78, 5) is 7.42. The Morgan fingerprint density at radius 2 is 1.11 bits per heavy atom. The summed E-state index contributed by atoms with van der Waals surface area (Å²) in [5, 5.41) is 1.13. The van der Waals surface area contributed by atoms with Crippen molar-refractivity contribution in [2.24, 2.45) is 0 Å². The highest BCUT2D eigenvalue weighted by Crippen LogP contribution is 2.63. The number of aryl methyl sites for hydroxylation is 1. The molecule has 1 fully saturated rings. The molecule has 2 aliphatic heterocycles. The van der Waals surface area contributed by atoms with Crippen molar-refractivity contribution in [3.8, 4) is 11.1 Å². The van der Waals surface area contributed by atoms with Crippen LogP contribution < -0.4 is 31.3 Å². The van der Waals surface area contributed by atoms with Gasteiger partial charge in [-0.05, 0) is 217 Å². The van der Waals surface area contributed by atoms with Crippen LogP contribution in [0, 0.1) is 6.85 Å². The molecule has 15 rings (SSSR count). The first-order chi connectivity index (χ1) is 40.6. The van der Waals surface area contributed by atoms with Crippen molar-refractivity contribution in [3.63, 3.8) is 0 Å². The maximum atomic E-state index is 9.14. The Morgan fingerprint density at radius 1 is 0.518 bits per heavy atom. The summed E-state index contributed by atoms with van der Waals surface area (Å²) in [6.07, 6.45) is 7.83. The van der Waals surface area contributed by atoms with Gasteiger partial charge in [-0.2, -0.15) is 0 Å². The van der Waals surface area contributed by atoms with Gasteiger partial charge in [0.15, 0.2) is 0 Å². The van der Waals surface area contributed by atoms with Gasteiger partial charge in [-0.3, -0.25) is 0 Å². The zero-order chi connectivity index (χ0) is 60.2. The SMILES string of the molecule is [2H]C([2H])([2H])c1ccccc1N(c1ccccc1)c1cc2c3c(c1)N(c1ccc(C(C)(C)C)cc1)c1c(oc4cc5c(cc14)C1(C)CCC5(C)C1)B3c1cc3c(cc1N2c1ccc2c(c1-c1ccccc1)C(C)(C)CCC2(C)C)C(C)(C)CCC3(C)C. The lowest BCUT2D eigenvalue weighted by Gasteiger charge is -2.48. The van der Waals surface area contributed by atoms with E-state index in [0.717, 1.165) is 94.2 Å². The summed E-state index contributed by atoms with van der Waals surface area (Å²) in [6.45, 7) is 28.8. The molecule has 1 aromatic heterocycles. The maximum Gasteiger partial charge on any atom is 0.297 e. The Kier molecular flexibility index (Phi) is 10.3. The third-order valence-electron chi connectivity index (χ3n) is 21.7. The second kappa shape index (κ2) is 17.4. The fraction of sp³-hybridized carbons (Fsp3) is 0.359. The number of benzene rings is 8. The first kappa shape index (κ1) is 49.2. The van der Waals surface area contributed by atoms with Crippen molar-refractivity contribution in [1.29, 1.82) is 0 Å². The third-order valence-corrected chi connectivity index (χ3v) is 21.7. The van der Waals surface area contributed by atoms with E-state index in [4.69, 9.17) is 8.53 Å². The van der Waals surface area contributed by atoms with E-state index in [0.29, 0.717) is 11.3 Å². The molecule has 0 spiro atoms. The number of hydrogen-bond donors (Lipinski definition) is 0. The molecule has 8 aromatic carbocycles. The van der Waals surface area contributed by atoms with E-state index in [1.807, 2.05) is 24.3 Å². The van der Waals surface area contributed by atoms with Gasteiger partial charge in [-0.1, -0.05) is 181 Å². The van der Waals surface area contributed by atoms with Crippen LogP contribution >= 0.6 is 0 Å². The number of rotatable bonds is 6. The predicted molar refractivity (Wildman–Crippen MR) is 353 cm³/mol. The second-order valence-corrected chi connectivity index (χ2v) is 30.2. The Balaban J connectivity index is 1.15. The standard InChI is InChI=1S/C78H82BN3O/c1-48-23-21-22-28-61(48)80(51-26-19-16-20-27-51)53-41-64-69-65(42-53)82(62-34-33-55-68(67(62)49-24-17-15-18-25-49)76(11,12)38-37-73(55,5)6)63-45-57-56(74(7,8)35-36-75(57,9)10)44-60(63)79(69)71-70(81(64)52-31-29-50(30-32-52)72(2,3)4)54-43-58-59(46-66(54)83-71)78(14)40-39-77(58,13)47-78/h15-34,41-46H,35-40,47H2,1-14H3/i1D3. The minimum Gasteiger partial charge on any atom is -0.468 e. The Hall–Kier alpha value is -7.24. The maximum absolute atomic E-state index is 9.14. The van der Waals surface area contributed by atoms with Gasteiger partial charge >= 0.3 is 0 Å². The summed E-state index contributed by atoms with van der Waals surface area (Å²) in [5.41, 5.74) is 25.4.